The maximum Gasteiger partial charge on any atom is 0.166 e. The van der Waals surface area contributed by atoms with Gasteiger partial charge in [0.2, 0.25) is 0 Å². The Balaban J connectivity index is 1.88. The van der Waals surface area contributed by atoms with Gasteiger partial charge < -0.3 is 5.32 Å². The highest BCUT2D eigenvalue weighted by Gasteiger charge is 2.21. The van der Waals surface area contributed by atoms with E-state index in [1.54, 1.807) is 6.20 Å². The first-order chi connectivity index (χ1) is 11.2. The molecule has 3 heterocycles. The number of H-pyrrole nitrogens is 1. The summed E-state index contributed by atoms with van der Waals surface area (Å²) in [4.78, 5) is 12.2. The van der Waals surface area contributed by atoms with Gasteiger partial charge in [0.15, 0.2) is 5.82 Å². The zero-order valence-electron chi connectivity index (χ0n) is 13.5. The van der Waals surface area contributed by atoms with Gasteiger partial charge in [-0.3, -0.25) is 5.10 Å². The summed E-state index contributed by atoms with van der Waals surface area (Å²) >= 11 is 1.84. The molecule has 4 rings (SSSR count). The van der Waals surface area contributed by atoms with E-state index in [2.05, 4.69) is 29.4 Å². The van der Waals surface area contributed by atoms with E-state index in [4.69, 9.17) is 9.97 Å². The number of hydrogen-bond donors (Lipinski definition) is 2. The number of aryl methyl sites for hydroxylation is 2. The van der Waals surface area contributed by atoms with E-state index in [1.807, 2.05) is 17.5 Å². The van der Waals surface area contributed by atoms with E-state index in [1.165, 1.54) is 35.1 Å². The number of aromatic amines is 1. The number of rotatable bonds is 4. The summed E-state index contributed by atoms with van der Waals surface area (Å²) in [6, 6.07) is 0. The Morgan fingerprint density at radius 2 is 2.13 bits per heavy atom. The van der Waals surface area contributed by atoms with Crippen LogP contribution in [0.25, 0.3) is 21.6 Å². The Kier molecular flexibility index (Phi) is 3.77. The zero-order chi connectivity index (χ0) is 15.8. The first kappa shape index (κ1) is 14.6. The van der Waals surface area contributed by atoms with Crippen LogP contribution in [0.5, 0.6) is 0 Å². The minimum atomic E-state index is 0.576. The molecule has 0 saturated heterocycles. The van der Waals surface area contributed by atoms with Crippen molar-refractivity contribution in [3.05, 3.63) is 22.8 Å². The molecule has 0 radical (unpaired) electrons. The molecule has 0 fully saturated rings. The molecular weight excluding hydrogens is 306 g/mol. The molecule has 5 nitrogen and oxygen atoms in total. The predicted octanol–water partition coefficient (Wildman–Crippen LogP) is 4.03. The average Bonchev–Trinajstić information content (AvgIpc) is 3.19. The summed E-state index contributed by atoms with van der Waals surface area (Å²) in [7, 11) is 0. The monoisotopic (exact) mass is 327 g/mol. The van der Waals surface area contributed by atoms with E-state index in [0.29, 0.717) is 5.92 Å². The lowest BCUT2D eigenvalue weighted by Gasteiger charge is -2.14. The van der Waals surface area contributed by atoms with Crippen LogP contribution in [0.3, 0.4) is 0 Å². The van der Waals surface area contributed by atoms with Crippen LogP contribution in [0, 0.1) is 5.92 Å². The fourth-order valence-electron chi connectivity index (χ4n) is 3.09. The minimum absolute atomic E-state index is 0.576. The third kappa shape index (κ3) is 2.72. The summed E-state index contributed by atoms with van der Waals surface area (Å²) < 4.78 is 0. The van der Waals surface area contributed by atoms with Crippen molar-refractivity contribution in [2.45, 2.75) is 39.5 Å². The van der Waals surface area contributed by atoms with E-state index < -0.39 is 0 Å². The summed E-state index contributed by atoms with van der Waals surface area (Å²) in [5.74, 6) is 2.31. The second-order valence-electron chi connectivity index (χ2n) is 6.55. The van der Waals surface area contributed by atoms with E-state index in [9.17, 15) is 0 Å². The fourth-order valence-corrected chi connectivity index (χ4v) is 4.35. The first-order valence-electron chi connectivity index (χ1n) is 8.27. The highest BCUT2D eigenvalue weighted by Crippen LogP contribution is 2.39. The second-order valence-corrected chi connectivity index (χ2v) is 7.63. The van der Waals surface area contributed by atoms with Crippen LogP contribution >= 0.6 is 11.3 Å². The quantitative estimate of drug-likeness (QED) is 0.759. The lowest BCUT2D eigenvalue weighted by molar-refractivity contribution is 0.686. The Labute approximate surface area is 139 Å². The van der Waals surface area contributed by atoms with Gasteiger partial charge in [0.25, 0.3) is 0 Å². The van der Waals surface area contributed by atoms with Crippen molar-refractivity contribution in [1.29, 1.82) is 0 Å². The molecular formula is C17H21N5S. The molecule has 3 aromatic heterocycles. The van der Waals surface area contributed by atoms with Gasteiger partial charge in [0.05, 0.1) is 17.1 Å². The topological polar surface area (TPSA) is 66.5 Å². The van der Waals surface area contributed by atoms with Gasteiger partial charge in [0, 0.05) is 17.6 Å². The molecule has 0 amide bonds. The number of hydrogen-bond acceptors (Lipinski definition) is 5. The summed E-state index contributed by atoms with van der Waals surface area (Å²) in [6.07, 6.45) is 8.52. The van der Waals surface area contributed by atoms with Crippen LogP contribution in [-0.4, -0.2) is 26.7 Å². The van der Waals surface area contributed by atoms with Crippen molar-refractivity contribution in [2.75, 3.05) is 11.9 Å². The maximum atomic E-state index is 4.82. The normalized spacial score (nSPS) is 14.4. The van der Waals surface area contributed by atoms with Gasteiger partial charge in [0.1, 0.15) is 10.6 Å². The van der Waals surface area contributed by atoms with Crippen LogP contribution in [-0.2, 0) is 12.8 Å². The van der Waals surface area contributed by atoms with Gasteiger partial charge >= 0.3 is 0 Å². The first-order valence-corrected chi connectivity index (χ1v) is 9.09. The molecule has 1 aliphatic rings. The molecule has 23 heavy (non-hydrogen) atoms. The van der Waals surface area contributed by atoms with Gasteiger partial charge in [-0.05, 0) is 37.2 Å². The third-order valence-electron chi connectivity index (χ3n) is 4.25. The van der Waals surface area contributed by atoms with E-state index in [0.717, 1.165) is 35.0 Å². The molecule has 0 aromatic carbocycles. The summed E-state index contributed by atoms with van der Waals surface area (Å²) in [6.45, 7) is 5.35. The lowest BCUT2D eigenvalue weighted by atomic mass is 9.97. The number of aromatic nitrogens is 4. The average molecular weight is 327 g/mol. The van der Waals surface area contributed by atoms with Crippen LogP contribution in [0.1, 0.15) is 37.1 Å². The molecule has 0 bridgehead atoms. The van der Waals surface area contributed by atoms with Crippen molar-refractivity contribution < 1.29 is 0 Å². The standard InChI is InChI=1S/C17H21N5S/c1-10(2)7-18-16-14-12-5-3-4-6-13(12)23-17(14)22-15(21-16)11-8-19-20-9-11/h8-10H,3-7H2,1-2H3,(H,19,20)(H,18,21,22). The van der Waals surface area contributed by atoms with Gasteiger partial charge in [-0.2, -0.15) is 5.10 Å². The molecule has 0 saturated carbocycles. The SMILES string of the molecule is CC(C)CNc1nc(-c2cn[nH]c2)nc2sc3c(c12)CCCC3. The zero-order valence-corrected chi connectivity index (χ0v) is 14.3. The van der Waals surface area contributed by atoms with Gasteiger partial charge in [-0.15, -0.1) is 11.3 Å². The lowest BCUT2D eigenvalue weighted by Crippen LogP contribution is -2.11. The number of anilines is 1. The Morgan fingerprint density at radius 1 is 1.26 bits per heavy atom. The molecule has 1 aliphatic carbocycles. The van der Waals surface area contributed by atoms with Gasteiger partial charge in [-0.25, -0.2) is 9.97 Å². The molecule has 6 heteroatoms. The third-order valence-corrected chi connectivity index (χ3v) is 5.43. The Bertz CT molecular complexity index is 819. The molecule has 2 N–H and O–H groups in total. The molecule has 120 valence electrons. The highest BCUT2D eigenvalue weighted by atomic mass is 32.1. The maximum absolute atomic E-state index is 4.82. The Morgan fingerprint density at radius 3 is 2.91 bits per heavy atom. The summed E-state index contributed by atoms with van der Waals surface area (Å²) in [5, 5.41) is 11.7. The fraction of sp³-hybridized carbons (Fsp3) is 0.471. The highest BCUT2D eigenvalue weighted by molar-refractivity contribution is 7.19. The number of nitrogens with zero attached hydrogens (tertiary/aromatic N) is 3. The molecule has 0 unspecified atom stereocenters. The molecule has 3 aromatic rings. The number of fused-ring (bicyclic) bond motifs is 3. The van der Waals surface area contributed by atoms with Crippen molar-refractivity contribution >= 4 is 27.4 Å². The van der Waals surface area contributed by atoms with Crippen LogP contribution in [0.2, 0.25) is 0 Å². The minimum Gasteiger partial charge on any atom is -0.369 e. The molecule has 0 atom stereocenters. The number of nitrogens with one attached hydrogen (secondary N) is 2. The van der Waals surface area contributed by atoms with Crippen molar-refractivity contribution in [3.8, 4) is 11.4 Å². The second kappa shape index (κ2) is 5.92. The molecule has 0 aliphatic heterocycles. The molecule has 0 spiro atoms. The van der Waals surface area contributed by atoms with Gasteiger partial charge in [-0.1, -0.05) is 13.8 Å². The smallest absolute Gasteiger partial charge is 0.166 e. The largest absolute Gasteiger partial charge is 0.369 e. The van der Waals surface area contributed by atoms with Crippen LogP contribution < -0.4 is 5.32 Å². The van der Waals surface area contributed by atoms with E-state index in [-0.39, 0.29) is 0 Å². The van der Waals surface area contributed by atoms with Crippen molar-refractivity contribution in [2.24, 2.45) is 5.92 Å². The predicted molar refractivity (Wildman–Crippen MR) is 95.0 cm³/mol. The Hall–Kier alpha value is -1.95. The van der Waals surface area contributed by atoms with Crippen molar-refractivity contribution in [1.82, 2.24) is 20.2 Å². The summed E-state index contributed by atoms with van der Waals surface area (Å²) in [5.41, 5.74) is 2.41. The van der Waals surface area contributed by atoms with Crippen LogP contribution in [0.4, 0.5) is 5.82 Å². The number of thiophene rings is 1. The van der Waals surface area contributed by atoms with Crippen molar-refractivity contribution in [3.63, 3.8) is 0 Å². The van der Waals surface area contributed by atoms with Crippen LogP contribution in [0.15, 0.2) is 12.4 Å². The van der Waals surface area contributed by atoms with E-state index >= 15 is 0 Å².